The summed E-state index contributed by atoms with van der Waals surface area (Å²) in [6.07, 6.45) is 6.18. The summed E-state index contributed by atoms with van der Waals surface area (Å²) in [5.41, 5.74) is 4.31. The van der Waals surface area contributed by atoms with E-state index in [0.29, 0.717) is 22.5 Å². The number of rotatable bonds is 13. The maximum Gasteiger partial charge on any atom is 0.201 e. The smallest absolute Gasteiger partial charge is 0.201 e. The Balaban J connectivity index is 3.37. The Labute approximate surface area is 177 Å². The second-order valence-electron chi connectivity index (χ2n) is 9.43. The largest absolute Gasteiger partial charge is 0.405 e. The average Bonchev–Trinajstić information content (AvgIpc) is 2.65. The second kappa shape index (κ2) is 12.0. The van der Waals surface area contributed by atoms with Gasteiger partial charge >= 0.3 is 0 Å². The van der Waals surface area contributed by atoms with E-state index in [-0.39, 0.29) is 6.10 Å². The molecule has 0 aromatic heterocycles. The van der Waals surface area contributed by atoms with Crippen molar-refractivity contribution in [1.29, 1.82) is 0 Å². The first-order valence-electron chi connectivity index (χ1n) is 11.6. The van der Waals surface area contributed by atoms with Crippen molar-refractivity contribution < 1.29 is 4.43 Å². The maximum absolute atomic E-state index is 7.32. The third-order valence-corrected chi connectivity index (χ3v) is 12.6. The van der Waals surface area contributed by atoms with Gasteiger partial charge in [-0.2, -0.15) is 0 Å². The number of hydrogen-bond acceptors (Lipinski definition) is 1. The van der Waals surface area contributed by atoms with Gasteiger partial charge in [-0.1, -0.05) is 112 Å². The van der Waals surface area contributed by atoms with Gasteiger partial charge in [-0.15, -0.1) is 0 Å². The summed E-state index contributed by atoms with van der Waals surface area (Å²) in [7, 11) is -2.00. The molecule has 0 fully saturated rings. The molecular formula is C26H46OSi. The Bertz CT molecular complexity index is 539. The summed E-state index contributed by atoms with van der Waals surface area (Å²) < 4.78 is 7.32. The van der Waals surface area contributed by atoms with Crippen molar-refractivity contribution in [3.63, 3.8) is 0 Å². The number of benzene rings is 1. The molecule has 28 heavy (non-hydrogen) atoms. The molecule has 160 valence electrons. The summed E-state index contributed by atoms with van der Waals surface area (Å²) in [6.45, 7) is 23.5. The molecular weight excluding hydrogens is 356 g/mol. The van der Waals surface area contributed by atoms with E-state index >= 15 is 0 Å². The van der Waals surface area contributed by atoms with Crippen molar-refractivity contribution in [1.82, 2.24) is 0 Å². The highest BCUT2D eigenvalue weighted by Crippen LogP contribution is 2.47. The van der Waals surface area contributed by atoms with Crippen LogP contribution in [0.5, 0.6) is 0 Å². The minimum Gasteiger partial charge on any atom is -0.405 e. The molecule has 2 heteroatoms. The Kier molecular flexibility index (Phi) is 10.8. The zero-order valence-corrected chi connectivity index (χ0v) is 20.9. The Morgan fingerprint density at radius 3 is 1.82 bits per heavy atom. The minimum atomic E-state index is -2.00. The van der Waals surface area contributed by atoms with Gasteiger partial charge in [0.2, 0.25) is 8.32 Å². The van der Waals surface area contributed by atoms with Crippen LogP contribution in [0.25, 0.3) is 0 Å². The standard InChI is InChI=1S/C26H46OSi/c1-10-12-17-24(16-11-2)23(9)26(25-18-14-13-15-19-25)27-28(20(3)4,21(5)6)22(7)8/h13-15,18-22,24,26H,9-12,16-17H2,1-8H3. The fraction of sp³-hybridized carbons (Fsp3) is 0.692. The van der Waals surface area contributed by atoms with Crippen molar-refractivity contribution in [2.24, 2.45) is 5.92 Å². The van der Waals surface area contributed by atoms with E-state index in [1.54, 1.807) is 0 Å². The normalized spacial score (nSPS) is 14.7. The van der Waals surface area contributed by atoms with Crippen LogP contribution in [0.4, 0.5) is 0 Å². The van der Waals surface area contributed by atoms with Gasteiger partial charge in [-0.3, -0.25) is 0 Å². The van der Waals surface area contributed by atoms with Crippen LogP contribution in [0.2, 0.25) is 16.6 Å². The monoisotopic (exact) mass is 402 g/mol. The highest BCUT2D eigenvalue weighted by molar-refractivity contribution is 6.77. The van der Waals surface area contributed by atoms with Crippen LogP contribution in [-0.2, 0) is 4.43 Å². The fourth-order valence-electron chi connectivity index (χ4n) is 5.13. The van der Waals surface area contributed by atoms with E-state index in [9.17, 15) is 0 Å². The first-order valence-corrected chi connectivity index (χ1v) is 13.8. The molecule has 0 spiro atoms. The zero-order valence-electron chi connectivity index (χ0n) is 19.9. The van der Waals surface area contributed by atoms with Crippen molar-refractivity contribution in [3.8, 4) is 0 Å². The van der Waals surface area contributed by atoms with Crippen molar-refractivity contribution in [3.05, 3.63) is 48.0 Å². The van der Waals surface area contributed by atoms with Gasteiger partial charge in [0.25, 0.3) is 0 Å². The first kappa shape index (κ1) is 25.2. The molecule has 0 saturated heterocycles. The van der Waals surface area contributed by atoms with Crippen LogP contribution < -0.4 is 0 Å². The predicted molar refractivity (Wildman–Crippen MR) is 128 cm³/mol. The van der Waals surface area contributed by atoms with Crippen molar-refractivity contribution >= 4 is 8.32 Å². The molecule has 0 saturated carbocycles. The molecule has 1 rings (SSSR count). The summed E-state index contributed by atoms with van der Waals surface area (Å²) in [5.74, 6) is 0.549. The number of unbranched alkanes of at least 4 members (excludes halogenated alkanes) is 1. The topological polar surface area (TPSA) is 9.23 Å². The molecule has 1 aromatic carbocycles. The Morgan fingerprint density at radius 2 is 1.39 bits per heavy atom. The van der Waals surface area contributed by atoms with Gasteiger partial charge in [0, 0.05) is 0 Å². The fourth-order valence-corrected chi connectivity index (χ4v) is 10.6. The van der Waals surface area contributed by atoms with Crippen LogP contribution in [0.15, 0.2) is 42.5 Å². The second-order valence-corrected chi connectivity index (χ2v) is 14.8. The highest BCUT2D eigenvalue weighted by Gasteiger charge is 2.47. The van der Waals surface area contributed by atoms with E-state index in [1.807, 2.05) is 0 Å². The molecule has 0 amide bonds. The molecule has 0 N–H and O–H groups in total. The number of hydrogen-bond donors (Lipinski definition) is 0. The molecule has 0 bridgehead atoms. The van der Waals surface area contributed by atoms with Gasteiger partial charge in [-0.25, -0.2) is 0 Å². The van der Waals surface area contributed by atoms with E-state index < -0.39 is 8.32 Å². The lowest BCUT2D eigenvalue weighted by atomic mass is 9.85. The summed E-state index contributed by atoms with van der Waals surface area (Å²) in [4.78, 5) is 0. The molecule has 0 aliphatic carbocycles. The first-order chi connectivity index (χ1) is 13.2. The SMILES string of the molecule is C=C(C(CCC)CCCC)C(O[Si](C(C)C)(C(C)C)C(C)C)c1ccccc1. The summed E-state index contributed by atoms with van der Waals surface area (Å²) >= 11 is 0. The minimum absolute atomic E-state index is 0.0217. The zero-order chi connectivity index (χ0) is 21.3. The quantitative estimate of drug-likeness (QED) is 0.236. The lowest BCUT2D eigenvalue weighted by Gasteiger charge is -2.46. The molecule has 1 aromatic rings. The lowest BCUT2D eigenvalue weighted by molar-refractivity contribution is 0.193. The van der Waals surface area contributed by atoms with E-state index in [0.717, 1.165) is 0 Å². The van der Waals surface area contributed by atoms with Crippen LogP contribution in [0.1, 0.15) is 99.2 Å². The Hall–Kier alpha value is -0.863. The average molecular weight is 403 g/mol. The third kappa shape index (κ3) is 6.07. The highest BCUT2D eigenvalue weighted by atomic mass is 28.4. The van der Waals surface area contributed by atoms with Gasteiger partial charge in [-0.05, 0) is 46.5 Å². The van der Waals surface area contributed by atoms with Crippen molar-refractivity contribution in [2.75, 3.05) is 0 Å². The third-order valence-electron chi connectivity index (χ3n) is 6.54. The van der Waals surface area contributed by atoms with Gasteiger partial charge < -0.3 is 4.43 Å². The lowest BCUT2D eigenvalue weighted by Crippen LogP contribution is -2.49. The van der Waals surface area contributed by atoms with Crippen molar-refractivity contribution in [2.45, 2.75) is 110 Å². The molecule has 0 aliphatic heterocycles. The van der Waals surface area contributed by atoms with Gasteiger partial charge in [0.1, 0.15) is 0 Å². The van der Waals surface area contributed by atoms with E-state index in [4.69, 9.17) is 4.43 Å². The van der Waals surface area contributed by atoms with Gasteiger partial charge in [0.05, 0.1) is 6.10 Å². The molecule has 2 unspecified atom stereocenters. The van der Waals surface area contributed by atoms with E-state index in [1.165, 1.54) is 43.2 Å². The van der Waals surface area contributed by atoms with Crippen LogP contribution in [0.3, 0.4) is 0 Å². The Morgan fingerprint density at radius 1 is 0.857 bits per heavy atom. The molecule has 1 nitrogen and oxygen atoms in total. The molecule has 0 radical (unpaired) electrons. The van der Waals surface area contributed by atoms with Crippen LogP contribution in [0, 0.1) is 5.92 Å². The summed E-state index contributed by atoms with van der Waals surface area (Å²) in [5, 5.41) is 0. The van der Waals surface area contributed by atoms with Gasteiger partial charge in [0.15, 0.2) is 0 Å². The predicted octanol–water partition coefficient (Wildman–Crippen LogP) is 9.08. The molecule has 0 aliphatic rings. The maximum atomic E-state index is 7.32. The van der Waals surface area contributed by atoms with Crippen LogP contribution >= 0.6 is 0 Å². The van der Waals surface area contributed by atoms with Crippen LogP contribution in [-0.4, -0.2) is 8.32 Å². The molecule has 0 heterocycles. The summed E-state index contributed by atoms with van der Waals surface area (Å²) in [6, 6.07) is 10.9. The molecule has 2 atom stereocenters. The van der Waals surface area contributed by atoms with E-state index in [2.05, 4.69) is 92.3 Å².